The normalized spacial score (nSPS) is 12.3. The fraction of sp³-hybridized carbons (Fsp3) is 0.286. The van der Waals surface area contributed by atoms with Gasteiger partial charge in [-0.3, -0.25) is 10.1 Å². The van der Waals surface area contributed by atoms with Gasteiger partial charge >= 0.3 is 5.69 Å². The highest BCUT2D eigenvalue weighted by molar-refractivity contribution is 5.35. The number of benzene rings is 1. The molecule has 106 valence electrons. The molecule has 0 saturated carbocycles. The van der Waals surface area contributed by atoms with Gasteiger partial charge in [0.2, 0.25) is 5.82 Å². The molecular formula is C14H16FN3O2. The summed E-state index contributed by atoms with van der Waals surface area (Å²) < 4.78 is 15.5. The van der Waals surface area contributed by atoms with Crippen molar-refractivity contribution in [2.24, 2.45) is 0 Å². The number of rotatable bonds is 5. The van der Waals surface area contributed by atoms with Gasteiger partial charge in [-0.15, -0.1) is 0 Å². The predicted octanol–water partition coefficient (Wildman–Crippen LogP) is 2.86. The topological polar surface area (TPSA) is 60.1 Å². The molecule has 5 nitrogen and oxygen atoms in total. The Kier molecular flexibility index (Phi) is 4.14. The fourth-order valence-corrected chi connectivity index (χ4v) is 1.99. The largest absolute Gasteiger partial charge is 0.350 e. The van der Waals surface area contributed by atoms with Crippen LogP contribution in [-0.2, 0) is 6.54 Å². The number of hydrogen-bond donors (Lipinski definition) is 1. The fourth-order valence-electron chi connectivity index (χ4n) is 1.99. The second kappa shape index (κ2) is 5.83. The average molecular weight is 277 g/mol. The van der Waals surface area contributed by atoms with Gasteiger partial charge in [-0.25, -0.2) is 0 Å². The Bertz CT molecular complexity index is 625. The molecule has 6 heteroatoms. The van der Waals surface area contributed by atoms with Crippen molar-refractivity contribution in [2.75, 3.05) is 7.05 Å². The quantitative estimate of drug-likeness (QED) is 0.675. The summed E-state index contributed by atoms with van der Waals surface area (Å²) in [6, 6.07) is 6.21. The number of hydrogen-bond acceptors (Lipinski definition) is 3. The summed E-state index contributed by atoms with van der Waals surface area (Å²) in [5.41, 5.74) is 1.33. The monoisotopic (exact) mass is 277 g/mol. The van der Waals surface area contributed by atoms with Crippen molar-refractivity contribution in [3.05, 3.63) is 63.7 Å². The lowest BCUT2D eigenvalue weighted by Crippen LogP contribution is -2.11. The zero-order valence-electron chi connectivity index (χ0n) is 11.3. The van der Waals surface area contributed by atoms with Crippen LogP contribution in [0.1, 0.15) is 24.1 Å². The van der Waals surface area contributed by atoms with E-state index >= 15 is 0 Å². The highest BCUT2D eigenvalue weighted by atomic mass is 19.1. The van der Waals surface area contributed by atoms with E-state index in [0.29, 0.717) is 12.1 Å². The zero-order chi connectivity index (χ0) is 14.7. The number of nitro groups is 1. The molecule has 1 N–H and O–H groups in total. The van der Waals surface area contributed by atoms with Crippen molar-refractivity contribution in [1.82, 2.24) is 9.88 Å². The molecule has 0 aliphatic carbocycles. The highest BCUT2D eigenvalue weighted by Crippen LogP contribution is 2.19. The molecule has 0 bridgehead atoms. The molecule has 1 aromatic carbocycles. The molecule has 0 radical (unpaired) electrons. The van der Waals surface area contributed by atoms with Gasteiger partial charge in [-0.1, -0.05) is 6.07 Å². The van der Waals surface area contributed by atoms with Crippen LogP contribution in [0.5, 0.6) is 0 Å². The molecule has 1 unspecified atom stereocenters. The second-order valence-electron chi connectivity index (χ2n) is 4.67. The molecule has 0 spiro atoms. The Morgan fingerprint density at radius 1 is 1.45 bits per heavy atom. The standard InChI is InChI=1S/C14H16FN3O2/c1-10(16-2)12-5-6-17(9-12)8-11-3-4-14(18(19)20)13(15)7-11/h3-7,9-10,16H,8H2,1-2H3. The van der Waals surface area contributed by atoms with Gasteiger partial charge in [0.15, 0.2) is 0 Å². The lowest BCUT2D eigenvalue weighted by Gasteiger charge is -2.07. The van der Waals surface area contributed by atoms with Crippen LogP contribution in [0.15, 0.2) is 36.7 Å². The maximum Gasteiger partial charge on any atom is 0.304 e. The minimum absolute atomic E-state index is 0.241. The zero-order valence-corrected chi connectivity index (χ0v) is 11.3. The lowest BCUT2D eigenvalue weighted by molar-refractivity contribution is -0.387. The van der Waals surface area contributed by atoms with Gasteiger partial charge in [-0.2, -0.15) is 4.39 Å². The maximum absolute atomic E-state index is 13.5. The summed E-state index contributed by atoms with van der Waals surface area (Å²) in [4.78, 5) is 9.84. The van der Waals surface area contributed by atoms with E-state index in [-0.39, 0.29) is 6.04 Å². The molecule has 2 rings (SSSR count). The smallest absolute Gasteiger partial charge is 0.304 e. The number of nitrogens with one attached hydrogen (secondary N) is 1. The molecule has 20 heavy (non-hydrogen) atoms. The van der Waals surface area contributed by atoms with Crippen LogP contribution in [0.25, 0.3) is 0 Å². The molecule has 2 aromatic rings. The second-order valence-corrected chi connectivity index (χ2v) is 4.67. The molecule has 0 fully saturated rings. The van der Waals surface area contributed by atoms with Crippen molar-refractivity contribution in [2.45, 2.75) is 19.5 Å². The Balaban J connectivity index is 2.16. The third-order valence-electron chi connectivity index (χ3n) is 3.28. The van der Waals surface area contributed by atoms with Crippen LogP contribution >= 0.6 is 0 Å². The molecule has 0 saturated heterocycles. The molecule has 0 amide bonds. The third kappa shape index (κ3) is 3.03. The predicted molar refractivity (Wildman–Crippen MR) is 74.1 cm³/mol. The molecule has 1 heterocycles. The van der Waals surface area contributed by atoms with Gasteiger partial charge in [0.25, 0.3) is 0 Å². The summed E-state index contributed by atoms with van der Waals surface area (Å²) >= 11 is 0. The van der Waals surface area contributed by atoms with Gasteiger partial charge < -0.3 is 9.88 Å². The number of nitrogens with zero attached hydrogens (tertiary/aromatic N) is 2. The first-order valence-electron chi connectivity index (χ1n) is 6.27. The summed E-state index contributed by atoms with van der Waals surface area (Å²) in [7, 11) is 1.88. The third-order valence-corrected chi connectivity index (χ3v) is 3.28. The van der Waals surface area contributed by atoms with Crippen LogP contribution in [0.3, 0.4) is 0 Å². The first kappa shape index (κ1) is 14.2. The van der Waals surface area contributed by atoms with E-state index in [2.05, 4.69) is 5.32 Å². The maximum atomic E-state index is 13.5. The number of nitro benzene ring substituents is 1. The Morgan fingerprint density at radius 2 is 2.20 bits per heavy atom. The van der Waals surface area contributed by atoms with E-state index in [1.165, 1.54) is 12.1 Å². The summed E-state index contributed by atoms with van der Waals surface area (Å²) in [5.74, 6) is -0.802. The Morgan fingerprint density at radius 3 is 2.80 bits per heavy atom. The van der Waals surface area contributed by atoms with Crippen LogP contribution < -0.4 is 5.32 Å². The molecular weight excluding hydrogens is 261 g/mol. The minimum atomic E-state index is -0.802. The van der Waals surface area contributed by atoms with E-state index in [4.69, 9.17) is 0 Å². The van der Waals surface area contributed by atoms with Crippen molar-refractivity contribution in [3.8, 4) is 0 Å². The molecule has 1 aromatic heterocycles. The Labute approximate surface area is 116 Å². The van der Waals surface area contributed by atoms with E-state index in [0.717, 1.165) is 5.56 Å². The van der Waals surface area contributed by atoms with E-state index in [1.807, 2.05) is 37.0 Å². The molecule has 0 aliphatic heterocycles. The highest BCUT2D eigenvalue weighted by Gasteiger charge is 2.14. The number of halogens is 1. The van der Waals surface area contributed by atoms with E-state index in [9.17, 15) is 14.5 Å². The van der Waals surface area contributed by atoms with Crippen LogP contribution in [0.2, 0.25) is 0 Å². The van der Waals surface area contributed by atoms with Crippen molar-refractivity contribution >= 4 is 5.69 Å². The van der Waals surface area contributed by atoms with Crippen LogP contribution in [0, 0.1) is 15.9 Å². The number of aromatic nitrogens is 1. The summed E-state index contributed by atoms with van der Waals surface area (Å²) in [5, 5.41) is 13.7. The van der Waals surface area contributed by atoms with Crippen LogP contribution in [0.4, 0.5) is 10.1 Å². The van der Waals surface area contributed by atoms with E-state index in [1.54, 1.807) is 6.07 Å². The van der Waals surface area contributed by atoms with Crippen molar-refractivity contribution in [1.29, 1.82) is 0 Å². The van der Waals surface area contributed by atoms with Gasteiger partial charge in [0.05, 0.1) is 4.92 Å². The summed E-state index contributed by atoms with van der Waals surface area (Å²) in [6.45, 7) is 2.52. The first-order valence-corrected chi connectivity index (χ1v) is 6.27. The van der Waals surface area contributed by atoms with Crippen LogP contribution in [-0.4, -0.2) is 16.5 Å². The minimum Gasteiger partial charge on any atom is -0.350 e. The van der Waals surface area contributed by atoms with Gasteiger partial charge in [-0.05, 0) is 37.2 Å². The van der Waals surface area contributed by atoms with Gasteiger partial charge in [0.1, 0.15) is 0 Å². The lowest BCUT2D eigenvalue weighted by atomic mass is 10.2. The Hall–Kier alpha value is -2.21. The molecule has 0 aliphatic rings. The SMILES string of the molecule is CNC(C)c1ccn(Cc2ccc([N+](=O)[O-])c(F)c2)c1. The average Bonchev–Trinajstić information content (AvgIpc) is 2.86. The van der Waals surface area contributed by atoms with Crippen molar-refractivity contribution < 1.29 is 9.31 Å². The summed E-state index contributed by atoms with van der Waals surface area (Å²) in [6.07, 6.45) is 3.88. The van der Waals surface area contributed by atoms with E-state index < -0.39 is 16.4 Å². The first-order chi connectivity index (χ1) is 9.51. The van der Waals surface area contributed by atoms with Crippen molar-refractivity contribution in [3.63, 3.8) is 0 Å². The van der Waals surface area contributed by atoms with Gasteiger partial charge in [0, 0.05) is 31.0 Å². The molecule has 1 atom stereocenters.